The van der Waals surface area contributed by atoms with Crippen molar-refractivity contribution in [1.29, 1.82) is 0 Å². The summed E-state index contributed by atoms with van der Waals surface area (Å²) < 4.78 is 0. The Hall–Kier alpha value is -1.93. The highest BCUT2D eigenvalue weighted by Gasteiger charge is 1.96. The van der Waals surface area contributed by atoms with E-state index in [9.17, 15) is 0 Å². The molecule has 3 aromatic rings. The second-order valence-electron chi connectivity index (χ2n) is 5.18. The van der Waals surface area contributed by atoms with Crippen LogP contribution in [0.5, 0.6) is 0 Å². The number of piperidine rings is 1. The van der Waals surface area contributed by atoms with Crippen molar-refractivity contribution in [2.45, 2.75) is 19.3 Å². The highest BCUT2D eigenvalue weighted by Crippen LogP contribution is 2.18. The first-order chi connectivity index (χ1) is 9.93. The Morgan fingerprint density at radius 2 is 1.25 bits per heavy atom. The maximum absolute atomic E-state index is 4.58. The van der Waals surface area contributed by atoms with Crippen LogP contribution in [-0.4, -0.2) is 18.1 Å². The zero-order valence-electron chi connectivity index (χ0n) is 11.7. The number of hydrogen-bond acceptors (Lipinski definition) is 2. The molecule has 1 aliphatic rings. The molecule has 0 radical (unpaired) electrons. The first kappa shape index (κ1) is 13.1. The summed E-state index contributed by atoms with van der Waals surface area (Å²) in [6.45, 7) is 2.50. The molecule has 2 heterocycles. The van der Waals surface area contributed by atoms with Crippen molar-refractivity contribution in [1.82, 2.24) is 10.3 Å². The monoisotopic (exact) mass is 264 g/mol. The Morgan fingerprint density at radius 1 is 0.700 bits per heavy atom. The molecule has 102 valence electrons. The van der Waals surface area contributed by atoms with Gasteiger partial charge in [-0.3, -0.25) is 0 Å². The normalized spacial score (nSPS) is 14.8. The minimum Gasteiger partial charge on any atom is -0.317 e. The zero-order chi connectivity index (χ0) is 13.6. The Balaban J connectivity index is 0.000000170. The predicted molar refractivity (Wildman–Crippen MR) is 86.0 cm³/mol. The van der Waals surface area contributed by atoms with E-state index >= 15 is 0 Å². The van der Waals surface area contributed by atoms with Crippen LogP contribution in [0.4, 0.5) is 0 Å². The lowest BCUT2D eigenvalue weighted by molar-refractivity contribution is 0.520. The zero-order valence-corrected chi connectivity index (χ0v) is 11.7. The van der Waals surface area contributed by atoms with Gasteiger partial charge in [-0.15, -0.1) is 0 Å². The van der Waals surface area contributed by atoms with E-state index in [4.69, 9.17) is 0 Å². The number of aromatic nitrogens is 1. The Bertz CT molecular complexity index is 570. The molecule has 2 heteroatoms. The molecule has 1 aliphatic heterocycles. The molecule has 20 heavy (non-hydrogen) atoms. The highest BCUT2D eigenvalue weighted by atomic mass is 14.9. The molecule has 0 spiro atoms. The summed E-state index contributed by atoms with van der Waals surface area (Å²) in [7, 11) is 0. The average Bonchev–Trinajstić information content (AvgIpc) is 2.55. The van der Waals surface area contributed by atoms with E-state index < -0.39 is 0 Å². The van der Waals surface area contributed by atoms with Gasteiger partial charge in [-0.05, 0) is 44.1 Å². The lowest BCUT2D eigenvalue weighted by Gasteiger charge is -2.08. The summed E-state index contributed by atoms with van der Waals surface area (Å²) in [5.74, 6) is 0. The van der Waals surface area contributed by atoms with Gasteiger partial charge in [0.05, 0.1) is 11.0 Å². The van der Waals surface area contributed by atoms with Crippen LogP contribution in [-0.2, 0) is 0 Å². The maximum Gasteiger partial charge on any atom is 0.0709 e. The molecule has 1 N–H and O–H groups in total. The molecule has 0 bridgehead atoms. The number of fused-ring (bicyclic) bond motifs is 2. The van der Waals surface area contributed by atoms with Crippen LogP contribution in [0.3, 0.4) is 0 Å². The molecule has 2 aromatic carbocycles. The molecular weight excluding hydrogens is 244 g/mol. The third kappa shape index (κ3) is 3.14. The first-order valence-electron chi connectivity index (χ1n) is 7.39. The van der Waals surface area contributed by atoms with Gasteiger partial charge >= 0.3 is 0 Å². The van der Waals surface area contributed by atoms with Gasteiger partial charge in [0.1, 0.15) is 0 Å². The quantitative estimate of drug-likeness (QED) is 0.617. The number of rotatable bonds is 0. The number of nitrogens with zero attached hydrogens (tertiary/aromatic N) is 1. The van der Waals surface area contributed by atoms with Crippen LogP contribution >= 0.6 is 0 Å². The van der Waals surface area contributed by atoms with E-state index in [0.717, 1.165) is 11.0 Å². The van der Waals surface area contributed by atoms with Crippen LogP contribution in [0.25, 0.3) is 21.8 Å². The molecule has 1 saturated heterocycles. The SMILES string of the molecule is C1CCNCC1.c1ccc2nc3ccccc3cc2c1. The van der Waals surface area contributed by atoms with Crippen molar-refractivity contribution in [3.63, 3.8) is 0 Å². The topological polar surface area (TPSA) is 24.9 Å². The summed E-state index contributed by atoms with van der Waals surface area (Å²) in [6, 6.07) is 18.6. The Kier molecular flexibility index (Phi) is 4.24. The van der Waals surface area contributed by atoms with E-state index in [1.165, 1.54) is 43.1 Å². The van der Waals surface area contributed by atoms with Gasteiger partial charge in [0.25, 0.3) is 0 Å². The third-order valence-electron chi connectivity index (χ3n) is 3.63. The van der Waals surface area contributed by atoms with Crippen molar-refractivity contribution in [3.05, 3.63) is 54.6 Å². The van der Waals surface area contributed by atoms with Crippen molar-refractivity contribution in [3.8, 4) is 0 Å². The summed E-state index contributed by atoms with van der Waals surface area (Å²) in [5, 5.41) is 5.69. The largest absolute Gasteiger partial charge is 0.317 e. The summed E-state index contributed by atoms with van der Waals surface area (Å²) >= 11 is 0. The van der Waals surface area contributed by atoms with Gasteiger partial charge in [0.15, 0.2) is 0 Å². The van der Waals surface area contributed by atoms with Gasteiger partial charge in [-0.25, -0.2) is 4.98 Å². The number of nitrogens with one attached hydrogen (secondary N) is 1. The minimum atomic E-state index is 1.06. The fraction of sp³-hybridized carbons (Fsp3) is 0.278. The van der Waals surface area contributed by atoms with E-state index in [0.29, 0.717) is 0 Å². The first-order valence-corrected chi connectivity index (χ1v) is 7.39. The molecule has 1 aromatic heterocycles. The summed E-state index contributed by atoms with van der Waals surface area (Å²) in [6.07, 6.45) is 4.22. The lowest BCUT2D eigenvalue weighted by Crippen LogP contribution is -2.21. The second-order valence-corrected chi connectivity index (χ2v) is 5.18. The van der Waals surface area contributed by atoms with Crippen LogP contribution in [0.2, 0.25) is 0 Å². The van der Waals surface area contributed by atoms with E-state index in [-0.39, 0.29) is 0 Å². The molecule has 2 nitrogen and oxygen atoms in total. The third-order valence-corrected chi connectivity index (χ3v) is 3.63. The van der Waals surface area contributed by atoms with Crippen molar-refractivity contribution in [2.75, 3.05) is 13.1 Å². The van der Waals surface area contributed by atoms with Crippen LogP contribution in [0.1, 0.15) is 19.3 Å². The number of benzene rings is 2. The lowest BCUT2D eigenvalue weighted by atomic mass is 10.1. The number of para-hydroxylation sites is 2. The number of pyridine rings is 1. The Morgan fingerprint density at radius 3 is 1.70 bits per heavy atom. The Labute approximate surface area is 119 Å². The molecule has 0 amide bonds. The van der Waals surface area contributed by atoms with Gasteiger partial charge < -0.3 is 5.32 Å². The second kappa shape index (κ2) is 6.49. The van der Waals surface area contributed by atoms with Crippen molar-refractivity contribution >= 4 is 21.8 Å². The van der Waals surface area contributed by atoms with Crippen LogP contribution in [0.15, 0.2) is 54.6 Å². The highest BCUT2D eigenvalue weighted by molar-refractivity contribution is 5.92. The van der Waals surface area contributed by atoms with Crippen molar-refractivity contribution in [2.24, 2.45) is 0 Å². The van der Waals surface area contributed by atoms with Gasteiger partial charge in [0, 0.05) is 10.8 Å². The minimum absolute atomic E-state index is 1.06. The van der Waals surface area contributed by atoms with E-state index in [1.54, 1.807) is 0 Å². The summed E-state index contributed by atoms with van der Waals surface area (Å²) in [5.41, 5.74) is 2.12. The molecule has 4 rings (SSSR count). The maximum atomic E-state index is 4.58. The molecular formula is C18H20N2. The number of hydrogen-bond donors (Lipinski definition) is 1. The molecule has 0 unspecified atom stereocenters. The standard InChI is InChI=1S/C13H9N.C5H11N/c1-3-7-12-10(5-1)9-11-6-2-4-8-13(11)14-12;1-2-4-6-5-3-1/h1-9H;6H,1-5H2. The fourth-order valence-electron chi connectivity index (χ4n) is 2.52. The van der Waals surface area contributed by atoms with Gasteiger partial charge in [0.2, 0.25) is 0 Å². The molecule has 0 aliphatic carbocycles. The van der Waals surface area contributed by atoms with E-state index in [2.05, 4.69) is 28.5 Å². The van der Waals surface area contributed by atoms with Crippen molar-refractivity contribution < 1.29 is 0 Å². The average molecular weight is 264 g/mol. The predicted octanol–water partition coefficient (Wildman–Crippen LogP) is 4.15. The van der Waals surface area contributed by atoms with Crippen LogP contribution < -0.4 is 5.32 Å². The fourth-order valence-corrected chi connectivity index (χ4v) is 2.52. The smallest absolute Gasteiger partial charge is 0.0709 e. The van der Waals surface area contributed by atoms with Gasteiger partial charge in [-0.1, -0.05) is 42.8 Å². The van der Waals surface area contributed by atoms with Gasteiger partial charge in [-0.2, -0.15) is 0 Å². The molecule has 1 fully saturated rings. The van der Waals surface area contributed by atoms with E-state index in [1.807, 2.05) is 36.4 Å². The van der Waals surface area contributed by atoms with Crippen LogP contribution in [0, 0.1) is 0 Å². The molecule has 0 atom stereocenters. The molecule has 0 saturated carbocycles. The summed E-state index contributed by atoms with van der Waals surface area (Å²) in [4.78, 5) is 4.58.